The van der Waals surface area contributed by atoms with E-state index in [4.69, 9.17) is 9.84 Å². The second-order valence-electron chi connectivity index (χ2n) is 5.84. The van der Waals surface area contributed by atoms with Gasteiger partial charge in [0.2, 0.25) is 0 Å². The lowest BCUT2D eigenvalue weighted by Gasteiger charge is -2.07. The number of carbonyl (C=O) groups is 2. The number of carboxylic acid groups (broad SMARTS) is 1. The number of amidine groups is 1. The van der Waals surface area contributed by atoms with E-state index in [1.54, 1.807) is 32.3 Å². The Morgan fingerprint density at radius 3 is 2.63 bits per heavy atom. The van der Waals surface area contributed by atoms with Gasteiger partial charge in [-0.2, -0.15) is 0 Å². The van der Waals surface area contributed by atoms with Crippen molar-refractivity contribution in [2.75, 3.05) is 14.1 Å². The van der Waals surface area contributed by atoms with Gasteiger partial charge in [0.05, 0.1) is 10.5 Å². The number of thioether (sulfide) groups is 1. The molecule has 6 nitrogen and oxygen atoms in total. The van der Waals surface area contributed by atoms with Crippen molar-refractivity contribution < 1.29 is 19.4 Å². The van der Waals surface area contributed by atoms with E-state index in [0.717, 1.165) is 11.1 Å². The van der Waals surface area contributed by atoms with Crippen molar-refractivity contribution in [2.45, 2.75) is 6.61 Å². The van der Waals surface area contributed by atoms with Crippen molar-refractivity contribution >= 4 is 34.9 Å². The molecule has 1 N–H and O–H groups in total. The first-order valence-corrected chi connectivity index (χ1v) is 8.99. The molecular weight excluding hydrogens is 364 g/mol. The number of rotatable bonds is 5. The minimum absolute atomic E-state index is 0.0701. The number of ether oxygens (including phenoxy) is 1. The van der Waals surface area contributed by atoms with E-state index in [0.29, 0.717) is 15.8 Å². The van der Waals surface area contributed by atoms with Gasteiger partial charge >= 0.3 is 5.97 Å². The highest BCUT2D eigenvalue weighted by Crippen LogP contribution is 2.31. The molecule has 0 aromatic heterocycles. The van der Waals surface area contributed by atoms with E-state index in [2.05, 4.69) is 4.99 Å². The van der Waals surface area contributed by atoms with Crippen LogP contribution in [0.5, 0.6) is 5.75 Å². The molecule has 3 rings (SSSR count). The first kappa shape index (κ1) is 18.7. The van der Waals surface area contributed by atoms with Crippen LogP contribution in [0.25, 0.3) is 6.08 Å². The quantitative estimate of drug-likeness (QED) is 0.801. The van der Waals surface area contributed by atoms with Gasteiger partial charge in [0, 0.05) is 14.1 Å². The van der Waals surface area contributed by atoms with Crippen molar-refractivity contribution in [1.29, 1.82) is 0 Å². The topological polar surface area (TPSA) is 79.2 Å². The summed E-state index contributed by atoms with van der Waals surface area (Å²) in [6, 6.07) is 14.0. The molecule has 0 atom stereocenters. The van der Waals surface area contributed by atoms with Gasteiger partial charge in [0.25, 0.3) is 5.91 Å². The number of aromatic carboxylic acids is 1. The molecular formula is C20H18N2O4S. The fourth-order valence-electron chi connectivity index (χ4n) is 2.52. The first-order valence-electron chi connectivity index (χ1n) is 8.17. The Morgan fingerprint density at radius 2 is 2.00 bits per heavy atom. The summed E-state index contributed by atoms with van der Waals surface area (Å²) in [4.78, 5) is 29.4. The zero-order valence-corrected chi connectivity index (χ0v) is 15.7. The van der Waals surface area contributed by atoms with Gasteiger partial charge in [0.1, 0.15) is 12.4 Å². The Balaban J connectivity index is 1.66. The summed E-state index contributed by atoms with van der Waals surface area (Å²) in [5, 5.41) is 9.70. The summed E-state index contributed by atoms with van der Waals surface area (Å²) in [5.41, 5.74) is 1.90. The summed E-state index contributed by atoms with van der Waals surface area (Å²) in [7, 11) is 3.36. The van der Waals surface area contributed by atoms with Crippen LogP contribution in [0.2, 0.25) is 0 Å². The number of amides is 1. The van der Waals surface area contributed by atoms with Gasteiger partial charge in [-0.3, -0.25) is 14.7 Å². The average Bonchev–Trinajstić information content (AvgIpc) is 2.95. The smallest absolute Gasteiger partial charge is 0.335 e. The molecule has 1 aliphatic rings. The maximum Gasteiger partial charge on any atom is 0.335 e. The van der Waals surface area contributed by atoms with E-state index in [-0.39, 0.29) is 18.1 Å². The number of hydrogen-bond donors (Lipinski definition) is 1. The number of nitrogens with zero attached hydrogens (tertiary/aromatic N) is 2. The first-order chi connectivity index (χ1) is 13.0. The third-order valence-electron chi connectivity index (χ3n) is 3.95. The van der Waals surface area contributed by atoms with Crippen LogP contribution < -0.4 is 4.74 Å². The van der Waals surface area contributed by atoms with Crippen LogP contribution in [-0.2, 0) is 11.4 Å². The van der Waals surface area contributed by atoms with Gasteiger partial charge in [-0.1, -0.05) is 24.3 Å². The number of aliphatic imine (C=N–C) groups is 1. The summed E-state index contributed by atoms with van der Waals surface area (Å²) in [5.74, 6) is -0.370. The van der Waals surface area contributed by atoms with Crippen molar-refractivity contribution in [3.05, 3.63) is 70.1 Å². The molecule has 7 heteroatoms. The van der Waals surface area contributed by atoms with Crippen LogP contribution in [0, 0.1) is 0 Å². The SMILES string of the molecule is CN=C1SC(=Cc2ccc(OCc3cccc(C(=O)O)c3)cc2)C(=O)N1C. The number of benzene rings is 2. The van der Waals surface area contributed by atoms with Crippen molar-refractivity contribution in [2.24, 2.45) is 4.99 Å². The Hall–Kier alpha value is -3.06. The van der Waals surface area contributed by atoms with Crippen LogP contribution >= 0.6 is 11.8 Å². The number of carboxylic acids is 1. The summed E-state index contributed by atoms with van der Waals surface area (Å²) in [6.07, 6.45) is 1.82. The molecule has 0 bridgehead atoms. The predicted octanol–water partition coefficient (Wildman–Crippen LogP) is 3.50. The summed E-state index contributed by atoms with van der Waals surface area (Å²) < 4.78 is 5.71. The van der Waals surface area contributed by atoms with Crippen LogP contribution in [0.4, 0.5) is 0 Å². The van der Waals surface area contributed by atoms with Gasteiger partial charge in [-0.25, -0.2) is 4.79 Å². The molecule has 1 amide bonds. The van der Waals surface area contributed by atoms with Crippen molar-refractivity contribution in [1.82, 2.24) is 4.90 Å². The van der Waals surface area contributed by atoms with Gasteiger partial charge in [-0.05, 0) is 53.2 Å². The van der Waals surface area contributed by atoms with E-state index in [9.17, 15) is 9.59 Å². The highest BCUT2D eigenvalue weighted by Gasteiger charge is 2.29. The second-order valence-corrected chi connectivity index (χ2v) is 6.85. The number of carbonyl (C=O) groups excluding carboxylic acids is 1. The normalized spacial score (nSPS) is 17.0. The van der Waals surface area contributed by atoms with Gasteiger partial charge in [-0.15, -0.1) is 0 Å². The molecule has 2 aromatic carbocycles. The lowest BCUT2D eigenvalue weighted by molar-refractivity contribution is -0.121. The molecule has 1 heterocycles. The Morgan fingerprint density at radius 1 is 1.26 bits per heavy atom. The fourth-order valence-corrected chi connectivity index (χ4v) is 3.45. The third-order valence-corrected chi connectivity index (χ3v) is 5.10. The molecule has 0 aliphatic carbocycles. The van der Waals surface area contributed by atoms with Crippen LogP contribution in [0.1, 0.15) is 21.5 Å². The Bertz CT molecular complexity index is 935. The van der Waals surface area contributed by atoms with Crippen LogP contribution in [-0.4, -0.2) is 41.1 Å². The van der Waals surface area contributed by atoms with Crippen LogP contribution in [0.15, 0.2) is 58.4 Å². The fraction of sp³-hybridized carbons (Fsp3) is 0.150. The van der Waals surface area contributed by atoms with Crippen molar-refractivity contribution in [3.8, 4) is 5.75 Å². The number of likely N-dealkylation sites (N-methyl/N-ethyl adjacent to an activating group) is 1. The van der Waals surface area contributed by atoms with Crippen molar-refractivity contribution in [3.63, 3.8) is 0 Å². The van der Waals surface area contributed by atoms with E-state index in [1.165, 1.54) is 16.7 Å². The molecule has 0 saturated carbocycles. The minimum Gasteiger partial charge on any atom is -0.489 e. The molecule has 2 aromatic rings. The zero-order chi connectivity index (χ0) is 19.4. The Kier molecular flexibility index (Phi) is 5.61. The van der Waals surface area contributed by atoms with E-state index >= 15 is 0 Å². The molecule has 0 unspecified atom stereocenters. The lowest BCUT2D eigenvalue weighted by Crippen LogP contribution is -2.23. The lowest BCUT2D eigenvalue weighted by atomic mass is 10.1. The molecule has 138 valence electrons. The number of hydrogen-bond acceptors (Lipinski definition) is 5. The minimum atomic E-state index is -0.963. The highest BCUT2D eigenvalue weighted by molar-refractivity contribution is 8.18. The highest BCUT2D eigenvalue weighted by atomic mass is 32.2. The molecule has 1 fully saturated rings. The molecule has 0 radical (unpaired) electrons. The maximum atomic E-state index is 12.2. The van der Waals surface area contributed by atoms with Gasteiger partial charge in [0.15, 0.2) is 5.17 Å². The zero-order valence-electron chi connectivity index (χ0n) is 14.9. The molecule has 1 saturated heterocycles. The predicted molar refractivity (Wildman–Crippen MR) is 106 cm³/mol. The van der Waals surface area contributed by atoms with Gasteiger partial charge < -0.3 is 9.84 Å². The molecule has 1 aliphatic heterocycles. The summed E-state index contributed by atoms with van der Waals surface area (Å²) >= 11 is 1.35. The largest absolute Gasteiger partial charge is 0.489 e. The third kappa shape index (κ3) is 4.38. The average molecular weight is 382 g/mol. The molecule has 27 heavy (non-hydrogen) atoms. The second kappa shape index (κ2) is 8.09. The monoisotopic (exact) mass is 382 g/mol. The molecule has 0 spiro atoms. The summed E-state index contributed by atoms with van der Waals surface area (Å²) in [6.45, 7) is 0.275. The van der Waals surface area contributed by atoms with E-state index < -0.39 is 5.97 Å². The van der Waals surface area contributed by atoms with E-state index in [1.807, 2.05) is 36.4 Å². The standard InChI is InChI=1S/C20H18N2O4S/c1-21-20-22(2)18(23)17(27-20)11-13-6-8-16(9-7-13)26-12-14-4-3-5-15(10-14)19(24)25/h3-11H,12H2,1-2H3,(H,24,25). The Labute approximate surface area is 161 Å². The van der Waals surface area contributed by atoms with Crippen LogP contribution in [0.3, 0.4) is 0 Å². The maximum absolute atomic E-state index is 12.2.